The molecule has 1 aliphatic heterocycles. The van der Waals surface area contributed by atoms with Crippen LogP contribution >= 0.6 is 11.6 Å². The Morgan fingerprint density at radius 1 is 1.28 bits per heavy atom. The zero-order valence-electron chi connectivity index (χ0n) is 9.80. The Bertz CT molecular complexity index is 542. The second kappa shape index (κ2) is 5.28. The zero-order chi connectivity index (χ0) is 13.2. The molecule has 2 rings (SSSR count). The van der Waals surface area contributed by atoms with Gasteiger partial charge in [-0.1, -0.05) is 23.7 Å². The van der Waals surface area contributed by atoms with Crippen molar-refractivity contribution in [2.75, 3.05) is 24.6 Å². The fourth-order valence-electron chi connectivity index (χ4n) is 1.90. The molecular formula is C12H14ClNO3S. The number of rotatable bonds is 2. The molecule has 1 aromatic rings. The van der Waals surface area contributed by atoms with Gasteiger partial charge in [0.1, 0.15) is 0 Å². The summed E-state index contributed by atoms with van der Waals surface area (Å²) in [6.07, 6.45) is 0.264. The van der Waals surface area contributed by atoms with E-state index in [1.54, 1.807) is 23.1 Å². The summed E-state index contributed by atoms with van der Waals surface area (Å²) < 4.78 is 22.5. The Balaban J connectivity index is 1.97. The summed E-state index contributed by atoms with van der Waals surface area (Å²) in [4.78, 5) is 13.6. The van der Waals surface area contributed by atoms with E-state index in [9.17, 15) is 13.2 Å². The molecule has 4 nitrogen and oxygen atoms in total. The SMILES string of the molecule is O=C(Cc1cccc(Cl)c1)N1CCS(=O)(=O)CC1. The topological polar surface area (TPSA) is 54.5 Å². The number of benzene rings is 1. The first kappa shape index (κ1) is 13.4. The Morgan fingerprint density at radius 3 is 2.56 bits per heavy atom. The number of sulfone groups is 1. The van der Waals surface area contributed by atoms with Crippen LogP contribution in [-0.4, -0.2) is 43.8 Å². The standard InChI is InChI=1S/C12H14ClNO3S/c13-11-3-1-2-10(8-11)9-12(15)14-4-6-18(16,17)7-5-14/h1-3,8H,4-7,9H2. The highest BCUT2D eigenvalue weighted by molar-refractivity contribution is 7.91. The lowest BCUT2D eigenvalue weighted by Gasteiger charge is -2.26. The van der Waals surface area contributed by atoms with Crippen LogP contribution in [0.1, 0.15) is 5.56 Å². The van der Waals surface area contributed by atoms with Gasteiger partial charge >= 0.3 is 0 Å². The van der Waals surface area contributed by atoms with Gasteiger partial charge in [-0.05, 0) is 17.7 Å². The zero-order valence-corrected chi connectivity index (χ0v) is 11.4. The molecule has 1 saturated heterocycles. The third-order valence-corrected chi connectivity index (χ3v) is 4.79. The van der Waals surface area contributed by atoms with E-state index >= 15 is 0 Å². The Morgan fingerprint density at radius 2 is 1.94 bits per heavy atom. The molecule has 0 unspecified atom stereocenters. The van der Waals surface area contributed by atoms with Crippen LogP contribution in [0.15, 0.2) is 24.3 Å². The highest BCUT2D eigenvalue weighted by Gasteiger charge is 2.24. The van der Waals surface area contributed by atoms with E-state index < -0.39 is 9.84 Å². The quantitative estimate of drug-likeness (QED) is 0.820. The molecule has 0 aromatic heterocycles. The summed E-state index contributed by atoms with van der Waals surface area (Å²) in [7, 11) is -2.94. The summed E-state index contributed by atoms with van der Waals surface area (Å²) in [6, 6.07) is 7.14. The number of carbonyl (C=O) groups excluding carboxylic acids is 1. The van der Waals surface area contributed by atoms with Crippen LogP contribution in [0.2, 0.25) is 5.02 Å². The second-order valence-electron chi connectivity index (χ2n) is 4.34. The molecule has 0 bridgehead atoms. The van der Waals surface area contributed by atoms with Crippen LogP contribution in [0.3, 0.4) is 0 Å². The van der Waals surface area contributed by atoms with Crippen LogP contribution in [0.4, 0.5) is 0 Å². The molecule has 0 atom stereocenters. The van der Waals surface area contributed by atoms with Gasteiger partial charge in [-0.25, -0.2) is 8.42 Å². The lowest BCUT2D eigenvalue weighted by Crippen LogP contribution is -2.44. The molecule has 0 radical (unpaired) electrons. The van der Waals surface area contributed by atoms with E-state index in [0.717, 1.165) is 5.56 Å². The highest BCUT2D eigenvalue weighted by atomic mass is 35.5. The third-order valence-electron chi connectivity index (χ3n) is 2.94. The first-order valence-electron chi connectivity index (χ1n) is 5.69. The van der Waals surface area contributed by atoms with Crippen LogP contribution in [0.25, 0.3) is 0 Å². The second-order valence-corrected chi connectivity index (χ2v) is 7.08. The highest BCUT2D eigenvalue weighted by Crippen LogP contribution is 2.13. The molecule has 0 aliphatic carbocycles. The molecule has 0 N–H and O–H groups in total. The average molecular weight is 288 g/mol. The molecule has 1 heterocycles. The van der Waals surface area contributed by atoms with E-state index in [2.05, 4.69) is 0 Å². The monoisotopic (exact) mass is 287 g/mol. The molecule has 0 spiro atoms. The minimum Gasteiger partial charge on any atom is -0.340 e. The molecule has 6 heteroatoms. The van der Waals surface area contributed by atoms with E-state index in [1.807, 2.05) is 6.07 Å². The molecule has 1 fully saturated rings. The molecule has 1 aliphatic rings. The third kappa shape index (κ3) is 3.46. The summed E-state index contributed by atoms with van der Waals surface area (Å²) in [5.74, 6) is 0.0786. The average Bonchev–Trinajstić information content (AvgIpc) is 2.28. The van der Waals surface area contributed by atoms with Crippen molar-refractivity contribution in [1.29, 1.82) is 0 Å². The lowest BCUT2D eigenvalue weighted by molar-refractivity contribution is -0.130. The van der Waals surface area contributed by atoms with Crippen LogP contribution < -0.4 is 0 Å². The maximum absolute atomic E-state index is 12.0. The van der Waals surface area contributed by atoms with Gasteiger partial charge in [-0.15, -0.1) is 0 Å². The van der Waals surface area contributed by atoms with Gasteiger partial charge in [0.25, 0.3) is 0 Å². The smallest absolute Gasteiger partial charge is 0.227 e. The summed E-state index contributed by atoms with van der Waals surface area (Å²) >= 11 is 5.85. The molecule has 1 amide bonds. The number of hydrogen-bond acceptors (Lipinski definition) is 3. The van der Waals surface area contributed by atoms with E-state index in [1.165, 1.54) is 0 Å². The van der Waals surface area contributed by atoms with Gasteiger partial charge in [0.15, 0.2) is 9.84 Å². The van der Waals surface area contributed by atoms with Crippen molar-refractivity contribution in [2.24, 2.45) is 0 Å². The van der Waals surface area contributed by atoms with Gasteiger partial charge in [-0.3, -0.25) is 4.79 Å². The van der Waals surface area contributed by atoms with Crippen LogP contribution in [0.5, 0.6) is 0 Å². The van der Waals surface area contributed by atoms with Crippen molar-refractivity contribution in [3.8, 4) is 0 Å². The minimum absolute atomic E-state index is 0.0489. The summed E-state index contributed by atoms with van der Waals surface area (Å²) in [6.45, 7) is 0.587. The number of carbonyl (C=O) groups is 1. The fraction of sp³-hybridized carbons (Fsp3) is 0.417. The van der Waals surface area contributed by atoms with Gasteiger partial charge in [-0.2, -0.15) is 0 Å². The number of hydrogen-bond donors (Lipinski definition) is 0. The molecule has 18 heavy (non-hydrogen) atoms. The predicted octanol–water partition coefficient (Wildman–Crippen LogP) is 1.14. The normalized spacial score (nSPS) is 18.6. The van der Waals surface area contributed by atoms with Crippen LogP contribution in [-0.2, 0) is 21.1 Å². The predicted molar refractivity (Wildman–Crippen MR) is 70.4 cm³/mol. The number of amides is 1. The van der Waals surface area contributed by atoms with Crippen molar-refractivity contribution in [2.45, 2.75) is 6.42 Å². The summed E-state index contributed by atoms with van der Waals surface area (Å²) in [5.41, 5.74) is 0.848. The Kier molecular flexibility index (Phi) is 3.92. The first-order chi connectivity index (χ1) is 8.46. The minimum atomic E-state index is -2.94. The fourth-order valence-corrected chi connectivity index (χ4v) is 3.31. The van der Waals surface area contributed by atoms with Gasteiger partial charge in [0.2, 0.25) is 5.91 Å². The van der Waals surface area contributed by atoms with Crippen molar-refractivity contribution in [3.05, 3.63) is 34.9 Å². The molecular weight excluding hydrogens is 274 g/mol. The first-order valence-corrected chi connectivity index (χ1v) is 7.89. The van der Waals surface area contributed by atoms with E-state index in [4.69, 9.17) is 11.6 Å². The number of halogens is 1. The molecule has 1 aromatic carbocycles. The van der Waals surface area contributed by atoms with Gasteiger partial charge in [0, 0.05) is 18.1 Å². The molecule has 0 saturated carbocycles. The van der Waals surface area contributed by atoms with Crippen molar-refractivity contribution >= 4 is 27.3 Å². The van der Waals surface area contributed by atoms with E-state index in [-0.39, 0.29) is 23.8 Å². The van der Waals surface area contributed by atoms with Gasteiger partial charge < -0.3 is 4.90 Å². The van der Waals surface area contributed by atoms with Crippen molar-refractivity contribution < 1.29 is 13.2 Å². The Labute approximate surface area is 111 Å². The summed E-state index contributed by atoms with van der Waals surface area (Å²) in [5, 5.41) is 0.599. The maximum atomic E-state index is 12.0. The van der Waals surface area contributed by atoms with Gasteiger partial charge in [0.05, 0.1) is 17.9 Å². The Hall–Kier alpha value is -1.07. The van der Waals surface area contributed by atoms with E-state index in [0.29, 0.717) is 18.1 Å². The van der Waals surface area contributed by atoms with Crippen molar-refractivity contribution in [3.63, 3.8) is 0 Å². The molecule has 98 valence electrons. The maximum Gasteiger partial charge on any atom is 0.227 e. The van der Waals surface area contributed by atoms with Crippen molar-refractivity contribution in [1.82, 2.24) is 4.90 Å². The number of nitrogens with zero attached hydrogens (tertiary/aromatic N) is 1. The lowest BCUT2D eigenvalue weighted by atomic mass is 10.1. The largest absolute Gasteiger partial charge is 0.340 e. The van der Waals surface area contributed by atoms with Crippen LogP contribution in [0, 0.1) is 0 Å².